The molecule has 0 aliphatic carbocycles. The van der Waals surface area contributed by atoms with Crippen LogP contribution in [0.5, 0.6) is 11.5 Å². The summed E-state index contributed by atoms with van der Waals surface area (Å²) in [6.45, 7) is 3.56. The van der Waals surface area contributed by atoms with E-state index in [1.54, 1.807) is 36.9 Å². The summed E-state index contributed by atoms with van der Waals surface area (Å²) < 4.78 is 10.8. The number of thiazole rings is 1. The van der Waals surface area contributed by atoms with E-state index in [9.17, 15) is 0 Å². The summed E-state index contributed by atoms with van der Waals surface area (Å²) in [5.41, 5.74) is 1.07. The van der Waals surface area contributed by atoms with Gasteiger partial charge in [0, 0.05) is 34.6 Å². The van der Waals surface area contributed by atoms with Gasteiger partial charge in [0.15, 0.2) is 11.5 Å². The van der Waals surface area contributed by atoms with Crippen molar-refractivity contribution in [2.45, 2.75) is 20.0 Å². The van der Waals surface area contributed by atoms with Crippen LogP contribution in [0.3, 0.4) is 0 Å². The molecule has 24 heavy (non-hydrogen) atoms. The fourth-order valence-electron chi connectivity index (χ4n) is 2.47. The van der Waals surface area contributed by atoms with E-state index in [0.717, 1.165) is 28.6 Å². The van der Waals surface area contributed by atoms with Crippen molar-refractivity contribution < 1.29 is 9.47 Å². The minimum atomic E-state index is 0.702. The highest BCUT2D eigenvalue weighted by atomic mass is 32.1. The van der Waals surface area contributed by atoms with Crippen LogP contribution in [0.15, 0.2) is 36.5 Å². The monoisotopic (exact) mass is 360 g/mol. The zero-order chi connectivity index (χ0) is 16.9. The van der Waals surface area contributed by atoms with E-state index in [1.165, 1.54) is 14.6 Å². The maximum absolute atomic E-state index is 5.46. The van der Waals surface area contributed by atoms with Crippen LogP contribution in [0.25, 0.3) is 9.75 Å². The molecule has 6 heteroatoms. The van der Waals surface area contributed by atoms with E-state index < -0.39 is 0 Å². The molecule has 3 aromatic rings. The van der Waals surface area contributed by atoms with E-state index in [2.05, 4.69) is 29.4 Å². The van der Waals surface area contributed by atoms with Crippen LogP contribution in [-0.4, -0.2) is 19.2 Å². The fraction of sp³-hybridized carbons (Fsp3) is 0.278. The van der Waals surface area contributed by atoms with E-state index in [-0.39, 0.29) is 0 Å². The zero-order valence-electron chi connectivity index (χ0n) is 14.0. The number of thiophene rings is 1. The third-order valence-corrected chi connectivity index (χ3v) is 5.81. The largest absolute Gasteiger partial charge is 0.493 e. The van der Waals surface area contributed by atoms with Gasteiger partial charge in [-0.05, 0) is 25.1 Å². The number of nitrogens with zero attached hydrogens (tertiary/aromatic N) is 1. The Kier molecular flexibility index (Phi) is 5.50. The molecule has 0 radical (unpaired) electrons. The molecule has 0 unspecified atom stereocenters. The van der Waals surface area contributed by atoms with Crippen molar-refractivity contribution in [1.82, 2.24) is 10.3 Å². The number of hydrogen-bond donors (Lipinski definition) is 1. The molecule has 0 fully saturated rings. The van der Waals surface area contributed by atoms with Gasteiger partial charge in [-0.3, -0.25) is 0 Å². The van der Waals surface area contributed by atoms with E-state index >= 15 is 0 Å². The second-order valence-electron chi connectivity index (χ2n) is 5.28. The molecule has 0 saturated carbocycles. The van der Waals surface area contributed by atoms with Crippen LogP contribution in [0.4, 0.5) is 0 Å². The Labute approximate surface area is 150 Å². The first-order valence-corrected chi connectivity index (χ1v) is 9.26. The molecule has 0 atom stereocenters. The highest BCUT2D eigenvalue weighted by Crippen LogP contribution is 2.32. The lowest BCUT2D eigenvalue weighted by Crippen LogP contribution is -2.13. The lowest BCUT2D eigenvalue weighted by atomic mass is 10.2. The van der Waals surface area contributed by atoms with Gasteiger partial charge in [-0.15, -0.1) is 22.7 Å². The van der Waals surface area contributed by atoms with Gasteiger partial charge in [-0.1, -0.05) is 12.1 Å². The number of para-hydroxylation sites is 1. The summed E-state index contributed by atoms with van der Waals surface area (Å²) in [5.74, 6) is 1.53. The molecule has 126 valence electrons. The van der Waals surface area contributed by atoms with Crippen molar-refractivity contribution in [2.24, 2.45) is 0 Å². The molecule has 0 saturated heterocycles. The smallest absolute Gasteiger partial charge is 0.165 e. The van der Waals surface area contributed by atoms with Gasteiger partial charge in [-0.25, -0.2) is 4.98 Å². The second kappa shape index (κ2) is 7.79. The number of rotatable bonds is 7. The highest BCUT2D eigenvalue weighted by molar-refractivity contribution is 7.21. The molecule has 1 aromatic carbocycles. The molecule has 0 aliphatic rings. The molecule has 0 spiro atoms. The number of aryl methyl sites for hydroxylation is 1. The van der Waals surface area contributed by atoms with Crippen LogP contribution in [0.1, 0.15) is 15.4 Å². The Bertz CT molecular complexity index is 811. The van der Waals surface area contributed by atoms with Crippen molar-refractivity contribution in [3.63, 3.8) is 0 Å². The standard InChI is InChI=1S/C18H20N2O2S2/c1-12-7-8-15(23-12)16-10-20-17(24-16)11-19-9-13-5-4-6-14(21-2)18(13)22-3/h4-8,10,19H,9,11H2,1-3H3. The van der Waals surface area contributed by atoms with Gasteiger partial charge in [0.05, 0.1) is 19.1 Å². The van der Waals surface area contributed by atoms with Gasteiger partial charge in [0.25, 0.3) is 0 Å². The number of hydrogen-bond acceptors (Lipinski definition) is 6. The van der Waals surface area contributed by atoms with Gasteiger partial charge < -0.3 is 14.8 Å². The second-order valence-corrected chi connectivity index (χ2v) is 7.69. The topological polar surface area (TPSA) is 43.4 Å². The number of nitrogens with one attached hydrogen (secondary N) is 1. The summed E-state index contributed by atoms with van der Waals surface area (Å²) in [7, 11) is 3.32. The maximum atomic E-state index is 5.46. The van der Waals surface area contributed by atoms with Crippen molar-refractivity contribution in [1.29, 1.82) is 0 Å². The van der Waals surface area contributed by atoms with Gasteiger partial charge in [0.2, 0.25) is 0 Å². The lowest BCUT2D eigenvalue weighted by Gasteiger charge is -2.12. The number of aromatic nitrogens is 1. The summed E-state index contributed by atoms with van der Waals surface area (Å²) in [4.78, 5) is 8.35. The number of methoxy groups -OCH3 is 2. The highest BCUT2D eigenvalue weighted by Gasteiger charge is 2.10. The summed E-state index contributed by atoms with van der Waals surface area (Å²) >= 11 is 3.54. The van der Waals surface area contributed by atoms with Crippen LogP contribution in [0, 0.1) is 6.92 Å². The molecular formula is C18H20N2O2S2. The van der Waals surface area contributed by atoms with Crippen LogP contribution in [-0.2, 0) is 13.1 Å². The molecule has 2 aromatic heterocycles. The van der Waals surface area contributed by atoms with Crippen molar-refractivity contribution >= 4 is 22.7 Å². The Hall–Kier alpha value is -1.89. The Morgan fingerprint density at radius 2 is 1.88 bits per heavy atom. The third-order valence-electron chi connectivity index (χ3n) is 3.61. The first-order chi connectivity index (χ1) is 11.7. The Morgan fingerprint density at radius 1 is 1.00 bits per heavy atom. The van der Waals surface area contributed by atoms with Gasteiger partial charge in [-0.2, -0.15) is 0 Å². The lowest BCUT2D eigenvalue weighted by molar-refractivity contribution is 0.350. The zero-order valence-corrected chi connectivity index (χ0v) is 15.6. The van der Waals surface area contributed by atoms with Crippen LogP contribution in [0.2, 0.25) is 0 Å². The molecule has 0 bridgehead atoms. The van der Waals surface area contributed by atoms with Crippen molar-refractivity contribution in [3.05, 3.63) is 52.0 Å². The summed E-state index contributed by atoms with van der Waals surface area (Å²) in [5, 5.41) is 4.51. The normalized spacial score (nSPS) is 10.8. The number of ether oxygens (including phenoxy) is 2. The first-order valence-electron chi connectivity index (χ1n) is 7.63. The number of benzene rings is 1. The maximum Gasteiger partial charge on any atom is 0.165 e. The molecule has 0 amide bonds. The minimum absolute atomic E-state index is 0.702. The molecule has 1 N–H and O–H groups in total. The van der Waals surface area contributed by atoms with E-state index in [4.69, 9.17) is 9.47 Å². The van der Waals surface area contributed by atoms with Gasteiger partial charge >= 0.3 is 0 Å². The minimum Gasteiger partial charge on any atom is -0.493 e. The van der Waals surface area contributed by atoms with Crippen LogP contribution >= 0.6 is 22.7 Å². The quantitative estimate of drug-likeness (QED) is 0.674. The molecular weight excluding hydrogens is 340 g/mol. The Balaban J connectivity index is 1.62. The third kappa shape index (κ3) is 3.77. The van der Waals surface area contributed by atoms with Crippen molar-refractivity contribution in [3.8, 4) is 21.3 Å². The summed E-state index contributed by atoms with van der Waals surface area (Å²) in [6, 6.07) is 10.2. The molecule has 2 heterocycles. The summed E-state index contributed by atoms with van der Waals surface area (Å²) in [6.07, 6.45) is 1.96. The fourth-order valence-corrected chi connectivity index (χ4v) is 4.30. The molecule has 3 rings (SSSR count). The average Bonchev–Trinajstić information content (AvgIpc) is 3.23. The predicted octanol–water partition coefficient (Wildman–Crippen LogP) is 4.49. The SMILES string of the molecule is COc1cccc(CNCc2ncc(-c3ccc(C)s3)s2)c1OC. The van der Waals surface area contributed by atoms with E-state index in [0.29, 0.717) is 6.54 Å². The van der Waals surface area contributed by atoms with Crippen molar-refractivity contribution in [2.75, 3.05) is 14.2 Å². The average molecular weight is 361 g/mol. The molecule has 0 aliphatic heterocycles. The first kappa shape index (κ1) is 17.0. The Morgan fingerprint density at radius 3 is 2.58 bits per heavy atom. The predicted molar refractivity (Wildman–Crippen MR) is 100 cm³/mol. The van der Waals surface area contributed by atoms with E-state index in [1.807, 2.05) is 24.4 Å². The van der Waals surface area contributed by atoms with Crippen LogP contribution < -0.4 is 14.8 Å². The van der Waals surface area contributed by atoms with Gasteiger partial charge in [0.1, 0.15) is 5.01 Å². The molecule has 4 nitrogen and oxygen atoms in total.